The lowest BCUT2D eigenvalue weighted by Gasteiger charge is -2.10. The lowest BCUT2D eigenvalue weighted by molar-refractivity contribution is 0.415. The smallest absolute Gasteiger partial charge is 0.240 e. The van der Waals surface area contributed by atoms with Crippen molar-refractivity contribution >= 4 is 43.0 Å². The topological polar surface area (TPSA) is 111 Å². The monoisotopic (exact) mass is 556 g/mol. The van der Waals surface area contributed by atoms with E-state index in [1.54, 1.807) is 25.4 Å². The van der Waals surface area contributed by atoms with Gasteiger partial charge in [-0.25, -0.2) is 28.1 Å². The first-order valence-corrected chi connectivity index (χ1v) is 14.5. The molecular formula is C28H24N6O3S2. The molecule has 0 fully saturated rings. The van der Waals surface area contributed by atoms with Crippen molar-refractivity contribution in [1.82, 2.24) is 24.1 Å². The van der Waals surface area contributed by atoms with Crippen molar-refractivity contribution in [3.63, 3.8) is 0 Å². The molecule has 0 bridgehead atoms. The largest absolute Gasteiger partial charge is 0.497 e. The molecule has 0 unspecified atom stereocenters. The maximum Gasteiger partial charge on any atom is 0.240 e. The van der Waals surface area contributed by atoms with Crippen molar-refractivity contribution in [1.29, 1.82) is 0 Å². The Morgan fingerprint density at radius 1 is 0.949 bits per heavy atom. The van der Waals surface area contributed by atoms with Gasteiger partial charge in [0.25, 0.3) is 0 Å². The number of sulfonamides is 1. The van der Waals surface area contributed by atoms with E-state index in [1.807, 2.05) is 76.6 Å². The van der Waals surface area contributed by atoms with E-state index in [4.69, 9.17) is 14.7 Å². The van der Waals surface area contributed by atoms with Crippen molar-refractivity contribution in [3.8, 4) is 28.4 Å². The second kappa shape index (κ2) is 10.4. The molecule has 0 amide bonds. The van der Waals surface area contributed by atoms with Crippen LogP contribution < -0.4 is 14.8 Å². The van der Waals surface area contributed by atoms with Gasteiger partial charge in [-0.1, -0.05) is 42.5 Å². The molecule has 0 aliphatic rings. The number of rotatable bonds is 9. The van der Waals surface area contributed by atoms with Crippen molar-refractivity contribution in [2.75, 3.05) is 25.5 Å². The number of nitrogens with one attached hydrogen (secondary N) is 2. The number of nitrogens with zero attached hydrogens (tertiary/aromatic N) is 4. The Kier molecular flexibility index (Phi) is 6.69. The summed E-state index contributed by atoms with van der Waals surface area (Å²) in [5, 5.41) is 6.96. The van der Waals surface area contributed by atoms with Crippen LogP contribution >= 0.6 is 11.3 Å². The fraction of sp³-hybridized carbons (Fsp3) is 0.107. The third-order valence-corrected chi connectivity index (χ3v) is 8.45. The number of methoxy groups -OCH3 is 1. The summed E-state index contributed by atoms with van der Waals surface area (Å²) in [4.78, 5) is 15.0. The predicted octanol–water partition coefficient (Wildman–Crippen LogP) is 5.07. The first-order chi connectivity index (χ1) is 19.0. The molecule has 3 heterocycles. The minimum atomic E-state index is -3.66. The highest BCUT2D eigenvalue weighted by molar-refractivity contribution is 7.89. The summed E-state index contributed by atoms with van der Waals surface area (Å²) in [6.45, 7) is 0.471. The van der Waals surface area contributed by atoms with Gasteiger partial charge in [-0.2, -0.15) is 0 Å². The minimum absolute atomic E-state index is 0.166. The Hall–Kier alpha value is -4.32. The number of imidazole rings is 1. The average Bonchev–Trinajstić information content (AvgIpc) is 3.57. The quantitative estimate of drug-likeness (QED) is 0.239. The molecule has 196 valence electrons. The van der Waals surface area contributed by atoms with Gasteiger partial charge < -0.3 is 10.1 Å². The van der Waals surface area contributed by atoms with Gasteiger partial charge in [-0.3, -0.25) is 4.40 Å². The van der Waals surface area contributed by atoms with Crippen molar-refractivity contribution in [2.45, 2.75) is 4.90 Å². The minimum Gasteiger partial charge on any atom is -0.497 e. The maximum absolute atomic E-state index is 12.8. The summed E-state index contributed by atoms with van der Waals surface area (Å²) in [5.74, 6) is 1.13. The van der Waals surface area contributed by atoms with Crippen molar-refractivity contribution < 1.29 is 13.2 Å². The zero-order valence-electron chi connectivity index (χ0n) is 20.9. The van der Waals surface area contributed by atoms with Crippen LogP contribution in [0.2, 0.25) is 0 Å². The van der Waals surface area contributed by atoms with Crippen LogP contribution in [0, 0.1) is 0 Å². The Balaban J connectivity index is 1.19. The van der Waals surface area contributed by atoms with Crippen LogP contribution in [0.15, 0.2) is 95.5 Å². The molecule has 2 N–H and O–H groups in total. The number of hydrogen-bond acceptors (Lipinski definition) is 8. The van der Waals surface area contributed by atoms with Crippen LogP contribution in [-0.4, -0.2) is 48.0 Å². The van der Waals surface area contributed by atoms with Gasteiger partial charge in [-0.05, 0) is 41.1 Å². The standard InChI is InChI=1S/C28H24N6O3S2/c1-37-22-8-4-7-21(17-22)25-26(34-15-16-38-28(34)33-25)24-11-12-29-27(32-24)30-13-14-31-39(35,36)23-10-9-19-5-2-3-6-20(19)18-23/h2-12,15-18,31H,13-14H2,1H3,(H,29,30,32). The lowest BCUT2D eigenvalue weighted by Crippen LogP contribution is -2.29. The molecule has 0 aliphatic heterocycles. The number of ether oxygens (including phenoxy) is 1. The van der Waals surface area contributed by atoms with Gasteiger partial charge in [-0.15, -0.1) is 11.3 Å². The zero-order valence-corrected chi connectivity index (χ0v) is 22.5. The van der Waals surface area contributed by atoms with Gasteiger partial charge >= 0.3 is 0 Å². The van der Waals surface area contributed by atoms with Crippen LogP contribution in [-0.2, 0) is 10.0 Å². The number of benzene rings is 3. The molecule has 6 aromatic rings. The molecule has 0 saturated heterocycles. The fourth-order valence-corrected chi connectivity index (χ4v) is 6.14. The SMILES string of the molecule is COc1cccc(-c2nc3sccn3c2-c2ccnc(NCCNS(=O)(=O)c3ccc4ccccc4c3)n2)c1. The third kappa shape index (κ3) is 5.07. The Bertz CT molecular complexity index is 1900. The molecule has 9 nitrogen and oxygen atoms in total. The number of thiazole rings is 1. The number of anilines is 1. The van der Waals surface area contributed by atoms with E-state index in [-0.39, 0.29) is 11.4 Å². The van der Waals surface area contributed by atoms with E-state index in [0.29, 0.717) is 18.2 Å². The van der Waals surface area contributed by atoms with Crippen LogP contribution in [0.4, 0.5) is 5.95 Å². The van der Waals surface area contributed by atoms with E-state index in [0.717, 1.165) is 38.4 Å². The number of fused-ring (bicyclic) bond motifs is 2. The van der Waals surface area contributed by atoms with E-state index < -0.39 is 10.0 Å². The Morgan fingerprint density at radius 3 is 2.69 bits per heavy atom. The van der Waals surface area contributed by atoms with E-state index in [2.05, 4.69) is 15.0 Å². The van der Waals surface area contributed by atoms with Crippen molar-refractivity contribution in [3.05, 3.63) is 90.6 Å². The maximum atomic E-state index is 12.8. The first kappa shape index (κ1) is 25.0. The normalized spacial score (nSPS) is 11.7. The summed E-state index contributed by atoms with van der Waals surface area (Å²) in [7, 11) is -2.03. The van der Waals surface area contributed by atoms with E-state index in [9.17, 15) is 8.42 Å². The van der Waals surface area contributed by atoms with E-state index in [1.165, 1.54) is 11.3 Å². The summed E-state index contributed by atoms with van der Waals surface area (Å²) < 4.78 is 35.7. The van der Waals surface area contributed by atoms with Crippen LogP contribution in [0.25, 0.3) is 38.4 Å². The Labute approximate surface area is 229 Å². The van der Waals surface area contributed by atoms with Crippen LogP contribution in [0.1, 0.15) is 0 Å². The number of hydrogen-bond donors (Lipinski definition) is 2. The molecule has 6 rings (SSSR count). The van der Waals surface area contributed by atoms with Gasteiger partial charge in [0, 0.05) is 36.4 Å². The highest BCUT2D eigenvalue weighted by Crippen LogP contribution is 2.34. The predicted molar refractivity (Wildman–Crippen MR) is 154 cm³/mol. The molecule has 3 aromatic carbocycles. The number of aromatic nitrogens is 4. The second-order valence-corrected chi connectivity index (χ2v) is 11.3. The van der Waals surface area contributed by atoms with Gasteiger partial charge in [0.2, 0.25) is 16.0 Å². The summed E-state index contributed by atoms with van der Waals surface area (Å²) in [5.41, 5.74) is 3.22. The van der Waals surface area contributed by atoms with Crippen LogP contribution in [0.5, 0.6) is 5.75 Å². The van der Waals surface area contributed by atoms with E-state index >= 15 is 0 Å². The molecular weight excluding hydrogens is 532 g/mol. The second-order valence-electron chi connectivity index (χ2n) is 8.70. The van der Waals surface area contributed by atoms with Crippen LogP contribution in [0.3, 0.4) is 0 Å². The van der Waals surface area contributed by atoms with Gasteiger partial charge in [0.15, 0.2) is 4.96 Å². The lowest BCUT2D eigenvalue weighted by atomic mass is 10.1. The molecule has 0 spiro atoms. The highest BCUT2D eigenvalue weighted by Gasteiger charge is 2.19. The highest BCUT2D eigenvalue weighted by atomic mass is 32.2. The molecule has 0 radical (unpaired) electrons. The summed E-state index contributed by atoms with van der Waals surface area (Å²) in [6, 6.07) is 22.3. The molecule has 0 saturated carbocycles. The summed E-state index contributed by atoms with van der Waals surface area (Å²) in [6.07, 6.45) is 3.63. The average molecular weight is 557 g/mol. The Morgan fingerprint density at radius 2 is 1.82 bits per heavy atom. The third-order valence-electron chi connectivity index (χ3n) is 6.23. The first-order valence-electron chi connectivity index (χ1n) is 12.2. The van der Waals surface area contributed by atoms with Gasteiger partial charge in [0.05, 0.1) is 23.4 Å². The zero-order chi connectivity index (χ0) is 26.8. The molecule has 39 heavy (non-hydrogen) atoms. The summed E-state index contributed by atoms with van der Waals surface area (Å²) >= 11 is 1.54. The fourth-order valence-electron chi connectivity index (χ4n) is 4.36. The molecule has 0 atom stereocenters. The molecule has 11 heteroatoms. The van der Waals surface area contributed by atoms with Crippen molar-refractivity contribution in [2.24, 2.45) is 0 Å². The molecule has 3 aromatic heterocycles. The molecule has 0 aliphatic carbocycles. The van der Waals surface area contributed by atoms with Gasteiger partial charge in [0.1, 0.15) is 11.4 Å².